The molecule has 0 unspecified atom stereocenters. The summed E-state index contributed by atoms with van der Waals surface area (Å²) in [6.07, 6.45) is 11.3. The highest BCUT2D eigenvalue weighted by Crippen LogP contribution is 2.35. The third-order valence-electron chi connectivity index (χ3n) is 6.06. The Balaban J connectivity index is 1.64. The van der Waals surface area contributed by atoms with Gasteiger partial charge in [0, 0.05) is 23.1 Å². The van der Waals surface area contributed by atoms with Crippen LogP contribution in [-0.2, 0) is 6.42 Å². The highest BCUT2D eigenvalue weighted by Gasteiger charge is 2.18. The van der Waals surface area contributed by atoms with Crippen LogP contribution in [0.4, 0.5) is 4.39 Å². The molecule has 0 atom stereocenters. The third kappa shape index (κ3) is 2.75. The normalized spacial score (nSPS) is 15.8. The summed E-state index contributed by atoms with van der Waals surface area (Å²) < 4.78 is 16.6. The van der Waals surface area contributed by atoms with Gasteiger partial charge < -0.3 is 9.55 Å². The maximum atomic E-state index is 14.2. The van der Waals surface area contributed by atoms with E-state index >= 15 is 0 Å². The fourth-order valence-corrected chi connectivity index (χ4v) is 4.66. The average molecular weight is 361 g/mol. The number of aromatic nitrogens is 3. The number of fused-ring (bicyclic) bond motifs is 2. The summed E-state index contributed by atoms with van der Waals surface area (Å²) in [5, 5.41) is 1.12. The molecule has 0 bridgehead atoms. The Bertz CT molecular complexity index is 1120. The molecule has 27 heavy (non-hydrogen) atoms. The van der Waals surface area contributed by atoms with E-state index in [2.05, 4.69) is 39.7 Å². The van der Waals surface area contributed by atoms with E-state index in [1.807, 2.05) is 12.5 Å². The van der Waals surface area contributed by atoms with Gasteiger partial charge in [0.15, 0.2) is 0 Å². The molecule has 2 aromatic heterocycles. The molecule has 0 amide bonds. The van der Waals surface area contributed by atoms with Crippen molar-refractivity contribution in [1.29, 1.82) is 0 Å². The predicted molar refractivity (Wildman–Crippen MR) is 108 cm³/mol. The van der Waals surface area contributed by atoms with Gasteiger partial charge in [0.25, 0.3) is 0 Å². The summed E-state index contributed by atoms with van der Waals surface area (Å²) in [7, 11) is 0. The van der Waals surface area contributed by atoms with Gasteiger partial charge in [0.1, 0.15) is 5.82 Å². The first-order valence-electron chi connectivity index (χ1n) is 10.0. The largest absolute Gasteiger partial charge is 0.361 e. The maximum absolute atomic E-state index is 14.2. The Morgan fingerprint density at radius 1 is 1.15 bits per heavy atom. The van der Waals surface area contributed by atoms with Gasteiger partial charge in [-0.2, -0.15) is 0 Å². The lowest BCUT2D eigenvalue weighted by atomic mass is 9.95. The number of hydrogen-bond acceptors (Lipinski definition) is 1. The van der Waals surface area contributed by atoms with Gasteiger partial charge >= 0.3 is 0 Å². The number of nitrogens with one attached hydrogen (secondary N) is 1. The Morgan fingerprint density at radius 2 is 2.00 bits per heavy atom. The van der Waals surface area contributed by atoms with Gasteiger partial charge in [0.2, 0.25) is 0 Å². The molecule has 4 heteroatoms. The zero-order chi connectivity index (χ0) is 18.4. The zero-order valence-corrected chi connectivity index (χ0v) is 15.6. The molecule has 4 aromatic rings. The van der Waals surface area contributed by atoms with Crippen molar-refractivity contribution in [3.8, 4) is 11.1 Å². The number of aromatic amines is 1. The van der Waals surface area contributed by atoms with Crippen LogP contribution in [0.1, 0.15) is 50.6 Å². The van der Waals surface area contributed by atoms with Crippen molar-refractivity contribution < 1.29 is 4.39 Å². The molecule has 0 radical (unpaired) electrons. The van der Waals surface area contributed by atoms with E-state index in [0.29, 0.717) is 6.04 Å². The van der Waals surface area contributed by atoms with Crippen LogP contribution in [0.2, 0.25) is 0 Å². The van der Waals surface area contributed by atoms with Crippen LogP contribution in [0, 0.1) is 5.82 Å². The molecular weight excluding hydrogens is 337 g/mol. The first-order valence-corrected chi connectivity index (χ1v) is 10.0. The van der Waals surface area contributed by atoms with E-state index in [4.69, 9.17) is 0 Å². The number of imidazole rings is 1. The molecule has 1 aliphatic carbocycles. The summed E-state index contributed by atoms with van der Waals surface area (Å²) >= 11 is 0. The Hall–Kier alpha value is -2.62. The summed E-state index contributed by atoms with van der Waals surface area (Å²) in [6.45, 7) is 2.13. The van der Waals surface area contributed by atoms with E-state index in [0.717, 1.165) is 34.0 Å². The molecule has 1 fully saturated rings. The van der Waals surface area contributed by atoms with E-state index in [9.17, 15) is 4.39 Å². The number of aryl methyl sites for hydroxylation is 1. The quantitative estimate of drug-likeness (QED) is 0.450. The fourth-order valence-electron chi connectivity index (χ4n) is 4.66. The standard InChI is InChI=1S/C23H24FN3/c1-2-15-13-25-21-12-17(24)11-19(23(15)21)16-8-9-22-20(10-16)26-14-27(22)18-6-4-3-5-7-18/h8-14,18,25H,2-7H2,1H3. The van der Waals surface area contributed by atoms with Crippen LogP contribution in [0.3, 0.4) is 0 Å². The lowest BCUT2D eigenvalue weighted by Crippen LogP contribution is -2.11. The topological polar surface area (TPSA) is 33.6 Å². The Morgan fingerprint density at radius 3 is 2.81 bits per heavy atom. The first-order chi connectivity index (χ1) is 13.2. The van der Waals surface area contributed by atoms with E-state index in [1.165, 1.54) is 43.2 Å². The first kappa shape index (κ1) is 16.5. The molecule has 5 rings (SSSR count). The summed E-state index contributed by atoms with van der Waals surface area (Å²) in [6, 6.07) is 10.2. The monoisotopic (exact) mass is 361 g/mol. The fraction of sp³-hybridized carbons (Fsp3) is 0.348. The lowest BCUT2D eigenvalue weighted by Gasteiger charge is -2.23. The molecule has 1 N–H and O–H groups in total. The van der Waals surface area contributed by atoms with Crippen molar-refractivity contribution in [2.24, 2.45) is 0 Å². The number of benzene rings is 2. The lowest BCUT2D eigenvalue weighted by molar-refractivity contribution is 0.359. The molecule has 0 saturated heterocycles. The Kier molecular flexibility index (Phi) is 4.00. The molecule has 2 aromatic carbocycles. The molecular formula is C23H24FN3. The second kappa shape index (κ2) is 6.52. The molecule has 1 saturated carbocycles. The van der Waals surface area contributed by atoms with Gasteiger partial charge in [0.05, 0.1) is 17.4 Å². The van der Waals surface area contributed by atoms with Crippen molar-refractivity contribution in [2.45, 2.75) is 51.5 Å². The maximum Gasteiger partial charge on any atom is 0.125 e. The number of rotatable bonds is 3. The van der Waals surface area contributed by atoms with Crippen LogP contribution in [0.15, 0.2) is 42.9 Å². The Labute approximate surface area is 158 Å². The predicted octanol–water partition coefficient (Wildman–Crippen LogP) is 6.39. The van der Waals surface area contributed by atoms with Crippen LogP contribution < -0.4 is 0 Å². The minimum Gasteiger partial charge on any atom is -0.361 e. The van der Waals surface area contributed by atoms with Gasteiger partial charge in [-0.3, -0.25) is 0 Å². The summed E-state index contributed by atoms with van der Waals surface area (Å²) in [5.41, 5.74) is 6.21. The van der Waals surface area contributed by atoms with Crippen LogP contribution >= 0.6 is 0 Å². The van der Waals surface area contributed by atoms with Crippen LogP contribution in [-0.4, -0.2) is 14.5 Å². The van der Waals surface area contributed by atoms with Crippen molar-refractivity contribution in [3.05, 3.63) is 54.2 Å². The number of nitrogens with zero attached hydrogens (tertiary/aromatic N) is 2. The smallest absolute Gasteiger partial charge is 0.125 e. The summed E-state index contributed by atoms with van der Waals surface area (Å²) in [5.74, 6) is -0.213. The van der Waals surface area contributed by atoms with Gasteiger partial charge in [-0.25, -0.2) is 9.37 Å². The molecule has 3 nitrogen and oxygen atoms in total. The molecule has 1 aliphatic rings. The van der Waals surface area contributed by atoms with Crippen molar-refractivity contribution in [2.75, 3.05) is 0 Å². The SMILES string of the molecule is CCc1c[nH]c2cc(F)cc(-c3ccc4c(c3)ncn4C3CCCCC3)c12. The van der Waals surface area contributed by atoms with Crippen molar-refractivity contribution >= 4 is 21.9 Å². The zero-order valence-electron chi connectivity index (χ0n) is 15.6. The van der Waals surface area contributed by atoms with Gasteiger partial charge in [-0.15, -0.1) is 0 Å². The minimum absolute atomic E-state index is 0.213. The molecule has 2 heterocycles. The van der Waals surface area contributed by atoms with E-state index in [-0.39, 0.29) is 5.82 Å². The van der Waals surface area contributed by atoms with Gasteiger partial charge in [-0.05, 0) is 60.2 Å². The van der Waals surface area contributed by atoms with Crippen molar-refractivity contribution in [3.63, 3.8) is 0 Å². The minimum atomic E-state index is -0.213. The van der Waals surface area contributed by atoms with E-state index in [1.54, 1.807) is 12.1 Å². The number of hydrogen-bond donors (Lipinski definition) is 1. The van der Waals surface area contributed by atoms with Crippen LogP contribution in [0.25, 0.3) is 33.1 Å². The van der Waals surface area contributed by atoms with E-state index < -0.39 is 0 Å². The number of halogens is 1. The molecule has 0 spiro atoms. The molecule has 138 valence electrons. The van der Waals surface area contributed by atoms with Crippen molar-refractivity contribution in [1.82, 2.24) is 14.5 Å². The highest BCUT2D eigenvalue weighted by atomic mass is 19.1. The average Bonchev–Trinajstić information content (AvgIpc) is 3.31. The molecule has 0 aliphatic heterocycles. The summed E-state index contributed by atoms with van der Waals surface area (Å²) in [4.78, 5) is 7.89. The highest BCUT2D eigenvalue weighted by molar-refractivity contribution is 5.99. The van der Waals surface area contributed by atoms with Crippen LogP contribution in [0.5, 0.6) is 0 Å². The second-order valence-electron chi connectivity index (χ2n) is 7.69. The number of H-pyrrole nitrogens is 1. The third-order valence-corrected chi connectivity index (χ3v) is 6.06. The second-order valence-corrected chi connectivity index (χ2v) is 7.69. The van der Waals surface area contributed by atoms with Gasteiger partial charge in [-0.1, -0.05) is 32.3 Å².